The van der Waals surface area contributed by atoms with Crippen molar-refractivity contribution in [2.45, 2.75) is 38.2 Å². The van der Waals surface area contributed by atoms with Gasteiger partial charge in [-0.2, -0.15) is 0 Å². The molecule has 1 unspecified atom stereocenters. The van der Waals surface area contributed by atoms with Gasteiger partial charge in [0.05, 0.1) is 24.4 Å². The van der Waals surface area contributed by atoms with Crippen LogP contribution in [0.1, 0.15) is 43.3 Å². The Balaban J connectivity index is 1.93. The average Bonchev–Trinajstić information content (AvgIpc) is 2.76. The molecule has 0 saturated carbocycles. The summed E-state index contributed by atoms with van der Waals surface area (Å²) < 4.78 is 5.62. The van der Waals surface area contributed by atoms with E-state index in [1.165, 1.54) is 6.42 Å². The fourth-order valence-corrected chi connectivity index (χ4v) is 1.88. The van der Waals surface area contributed by atoms with E-state index in [-0.39, 0.29) is 12.5 Å². The molecule has 16 heavy (non-hydrogen) atoms. The Hall–Kier alpha value is -1.36. The van der Waals surface area contributed by atoms with Crippen LogP contribution >= 0.6 is 0 Å². The number of aromatic amines is 1. The van der Waals surface area contributed by atoms with Crippen LogP contribution in [0, 0.1) is 0 Å². The summed E-state index contributed by atoms with van der Waals surface area (Å²) in [5, 5.41) is 8.56. The van der Waals surface area contributed by atoms with Gasteiger partial charge in [-0.15, -0.1) is 0 Å². The quantitative estimate of drug-likeness (QED) is 0.815. The molecule has 2 rings (SSSR count). The summed E-state index contributed by atoms with van der Waals surface area (Å²) in [6, 6.07) is 0. The van der Waals surface area contributed by atoms with Gasteiger partial charge in [0.1, 0.15) is 5.82 Å². The Morgan fingerprint density at radius 1 is 1.62 bits per heavy atom. The summed E-state index contributed by atoms with van der Waals surface area (Å²) in [5.41, 5.74) is 0.972. The third-order valence-corrected chi connectivity index (χ3v) is 2.75. The summed E-state index contributed by atoms with van der Waals surface area (Å²) in [5.74, 6) is -0.0709. The van der Waals surface area contributed by atoms with Crippen molar-refractivity contribution in [3.63, 3.8) is 0 Å². The predicted molar refractivity (Wildman–Crippen MR) is 57.1 cm³/mol. The van der Waals surface area contributed by atoms with E-state index < -0.39 is 5.97 Å². The van der Waals surface area contributed by atoms with Crippen LogP contribution in [0.25, 0.3) is 0 Å². The van der Waals surface area contributed by atoms with Gasteiger partial charge in [-0.1, -0.05) is 0 Å². The van der Waals surface area contributed by atoms with Gasteiger partial charge in [0.2, 0.25) is 0 Å². The monoisotopic (exact) mass is 224 g/mol. The van der Waals surface area contributed by atoms with Crippen molar-refractivity contribution in [1.82, 2.24) is 9.97 Å². The molecule has 0 aromatic carbocycles. The minimum Gasteiger partial charge on any atom is -0.481 e. The number of carboxylic acids is 1. The molecule has 5 heteroatoms. The van der Waals surface area contributed by atoms with Crippen LogP contribution in [0.3, 0.4) is 0 Å². The van der Waals surface area contributed by atoms with Crippen molar-refractivity contribution in [2.75, 3.05) is 6.61 Å². The molecule has 0 bridgehead atoms. The molecule has 0 radical (unpaired) electrons. The second-order valence-corrected chi connectivity index (χ2v) is 4.03. The number of hydrogen-bond acceptors (Lipinski definition) is 3. The number of nitrogens with one attached hydrogen (secondary N) is 1. The smallest absolute Gasteiger partial charge is 0.303 e. The molecule has 0 spiro atoms. The molecule has 88 valence electrons. The Kier molecular flexibility index (Phi) is 3.56. The fourth-order valence-electron chi connectivity index (χ4n) is 1.88. The lowest BCUT2D eigenvalue weighted by molar-refractivity contribution is -0.137. The number of carbonyl (C=O) groups is 1. The van der Waals surface area contributed by atoms with Crippen LogP contribution in [-0.2, 0) is 16.0 Å². The fraction of sp³-hybridized carbons (Fsp3) is 0.636. The summed E-state index contributed by atoms with van der Waals surface area (Å²) in [6.07, 6.45) is 5.73. The maximum atomic E-state index is 10.4. The van der Waals surface area contributed by atoms with Crippen molar-refractivity contribution in [3.05, 3.63) is 17.7 Å². The first-order chi connectivity index (χ1) is 7.75. The lowest BCUT2D eigenvalue weighted by Crippen LogP contribution is -2.11. The number of rotatable bonds is 4. The van der Waals surface area contributed by atoms with Crippen LogP contribution in [0.15, 0.2) is 6.20 Å². The van der Waals surface area contributed by atoms with E-state index in [2.05, 4.69) is 9.97 Å². The molecule has 2 heterocycles. The molecule has 1 aromatic heterocycles. The highest BCUT2D eigenvalue weighted by Crippen LogP contribution is 2.26. The first kappa shape index (κ1) is 11.1. The van der Waals surface area contributed by atoms with E-state index in [0.29, 0.717) is 6.42 Å². The van der Waals surface area contributed by atoms with E-state index in [9.17, 15) is 4.79 Å². The molecule has 1 saturated heterocycles. The zero-order chi connectivity index (χ0) is 11.4. The number of aliphatic carboxylic acids is 1. The van der Waals surface area contributed by atoms with E-state index in [1.54, 1.807) is 6.20 Å². The van der Waals surface area contributed by atoms with Gasteiger partial charge in [0.25, 0.3) is 0 Å². The lowest BCUT2D eigenvalue weighted by Gasteiger charge is -2.20. The minimum atomic E-state index is -0.799. The van der Waals surface area contributed by atoms with Crippen molar-refractivity contribution >= 4 is 5.97 Å². The van der Waals surface area contributed by atoms with Gasteiger partial charge in [-0.3, -0.25) is 4.79 Å². The van der Waals surface area contributed by atoms with E-state index in [4.69, 9.17) is 9.84 Å². The summed E-state index contributed by atoms with van der Waals surface area (Å²) >= 11 is 0. The number of aryl methyl sites for hydroxylation is 1. The Labute approximate surface area is 93.8 Å². The maximum Gasteiger partial charge on any atom is 0.303 e. The molecule has 1 atom stereocenters. The molecule has 1 fully saturated rings. The normalized spacial score (nSPS) is 20.9. The number of H-pyrrole nitrogens is 1. The van der Waals surface area contributed by atoms with Gasteiger partial charge in [-0.05, 0) is 19.3 Å². The number of nitrogens with zero attached hydrogens (tertiary/aromatic N) is 1. The molecule has 1 aliphatic rings. The molecule has 1 aliphatic heterocycles. The minimum absolute atomic E-state index is 0.110. The van der Waals surface area contributed by atoms with E-state index >= 15 is 0 Å². The van der Waals surface area contributed by atoms with Crippen LogP contribution in [0.2, 0.25) is 0 Å². The topological polar surface area (TPSA) is 75.2 Å². The summed E-state index contributed by atoms with van der Waals surface area (Å²) in [6.45, 7) is 0.800. The molecular weight excluding hydrogens is 208 g/mol. The van der Waals surface area contributed by atoms with Crippen molar-refractivity contribution in [1.29, 1.82) is 0 Å². The van der Waals surface area contributed by atoms with Crippen molar-refractivity contribution < 1.29 is 14.6 Å². The van der Waals surface area contributed by atoms with Crippen LogP contribution < -0.4 is 0 Å². The first-order valence-electron chi connectivity index (χ1n) is 5.63. The third kappa shape index (κ3) is 2.82. The average molecular weight is 224 g/mol. The zero-order valence-corrected chi connectivity index (χ0v) is 9.11. The summed E-state index contributed by atoms with van der Waals surface area (Å²) in [7, 11) is 0. The van der Waals surface area contributed by atoms with E-state index in [0.717, 1.165) is 31.0 Å². The Morgan fingerprint density at radius 3 is 3.19 bits per heavy atom. The molecule has 2 N–H and O–H groups in total. The largest absolute Gasteiger partial charge is 0.481 e. The summed E-state index contributed by atoms with van der Waals surface area (Å²) in [4.78, 5) is 17.7. The second-order valence-electron chi connectivity index (χ2n) is 4.03. The number of imidazole rings is 1. The Morgan fingerprint density at radius 2 is 2.50 bits per heavy atom. The zero-order valence-electron chi connectivity index (χ0n) is 9.11. The van der Waals surface area contributed by atoms with E-state index in [1.807, 2.05) is 0 Å². The van der Waals surface area contributed by atoms with Gasteiger partial charge < -0.3 is 14.8 Å². The molecule has 1 aromatic rings. The lowest BCUT2D eigenvalue weighted by atomic mass is 10.1. The molecule has 0 amide bonds. The van der Waals surface area contributed by atoms with Crippen LogP contribution in [0.5, 0.6) is 0 Å². The first-order valence-corrected chi connectivity index (χ1v) is 5.63. The molecular formula is C11H16N2O3. The SMILES string of the molecule is O=C(O)CCc1ncc(C2CCCCO2)[nH]1. The van der Waals surface area contributed by atoms with Gasteiger partial charge in [-0.25, -0.2) is 4.98 Å². The number of ether oxygens (including phenoxy) is 1. The molecule has 0 aliphatic carbocycles. The van der Waals surface area contributed by atoms with Gasteiger partial charge in [0.15, 0.2) is 0 Å². The highest BCUT2D eigenvalue weighted by molar-refractivity contribution is 5.66. The predicted octanol–water partition coefficient (Wildman–Crippen LogP) is 1.67. The van der Waals surface area contributed by atoms with Crippen LogP contribution in [-0.4, -0.2) is 27.7 Å². The third-order valence-electron chi connectivity index (χ3n) is 2.75. The van der Waals surface area contributed by atoms with Crippen LogP contribution in [0.4, 0.5) is 0 Å². The standard InChI is InChI=1S/C11H16N2O3/c14-11(15)5-4-10-12-7-8(13-10)9-3-1-2-6-16-9/h7,9H,1-6H2,(H,12,13)(H,14,15). The number of carboxylic acid groups (broad SMARTS) is 1. The van der Waals surface area contributed by atoms with Gasteiger partial charge in [0, 0.05) is 13.0 Å². The highest BCUT2D eigenvalue weighted by atomic mass is 16.5. The molecule has 5 nitrogen and oxygen atoms in total. The number of aromatic nitrogens is 2. The highest BCUT2D eigenvalue weighted by Gasteiger charge is 2.18. The second kappa shape index (κ2) is 5.12. The van der Waals surface area contributed by atoms with Crippen molar-refractivity contribution in [2.24, 2.45) is 0 Å². The number of hydrogen-bond donors (Lipinski definition) is 2. The Bertz CT molecular complexity index is 356. The van der Waals surface area contributed by atoms with Crippen molar-refractivity contribution in [3.8, 4) is 0 Å². The van der Waals surface area contributed by atoms with Gasteiger partial charge >= 0.3 is 5.97 Å². The maximum absolute atomic E-state index is 10.4.